The van der Waals surface area contributed by atoms with Crippen LogP contribution in [0.4, 0.5) is 0 Å². The van der Waals surface area contributed by atoms with E-state index in [2.05, 4.69) is 11.6 Å². The van der Waals surface area contributed by atoms with Crippen LogP contribution in [0, 0.1) is 0 Å². The minimum Gasteiger partial charge on any atom is -0.487 e. The number of aromatic nitrogens is 1. The monoisotopic (exact) mass is 499 g/mol. The fraction of sp³-hybridized carbons (Fsp3) is 0.133. The van der Waals surface area contributed by atoms with Crippen molar-refractivity contribution in [2.24, 2.45) is 0 Å². The number of rotatable bonds is 11. The van der Waals surface area contributed by atoms with E-state index in [1.54, 1.807) is 6.08 Å². The van der Waals surface area contributed by atoms with Crippen molar-refractivity contribution in [3.05, 3.63) is 137 Å². The fourth-order valence-corrected chi connectivity index (χ4v) is 3.81. The normalized spacial score (nSPS) is 10.5. The van der Waals surface area contributed by atoms with Gasteiger partial charge in [0.15, 0.2) is 5.56 Å². The molecule has 0 bridgehead atoms. The standard InChI is InChI=1S/C30H26ClNO4/c1-2-12-25-27(34-19-22-13-6-3-7-14-22)26(30(33)36-21-24-17-10-5-11-18-24)29(32-28(25)31)35-20-23-15-8-4-9-16-23/h2-11,13-18H,1,12,19-21H2. The van der Waals surface area contributed by atoms with Crippen LogP contribution < -0.4 is 9.47 Å². The third-order valence-corrected chi connectivity index (χ3v) is 5.69. The predicted molar refractivity (Wildman–Crippen MR) is 140 cm³/mol. The van der Waals surface area contributed by atoms with Gasteiger partial charge in [0.05, 0.1) is 0 Å². The molecule has 0 fully saturated rings. The molecule has 36 heavy (non-hydrogen) atoms. The third kappa shape index (κ3) is 6.52. The van der Waals surface area contributed by atoms with Crippen LogP contribution in [0.3, 0.4) is 0 Å². The second-order valence-electron chi connectivity index (χ2n) is 7.99. The molecular weight excluding hydrogens is 474 g/mol. The SMILES string of the molecule is C=CCc1c(Cl)nc(OCc2ccccc2)c(C(=O)OCc2ccccc2)c1OCc1ccccc1. The van der Waals surface area contributed by atoms with Gasteiger partial charge >= 0.3 is 5.97 Å². The summed E-state index contributed by atoms with van der Waals surface area (Å²) in [6, 6.07) is 28.7. The molecule has 182 valence electrons. The molecule has 4 rings (SSSR count). The Morgan fingerprint density at radius 3 is 1.81 bits per heavy atom. The Bertz CT molecular complexity index is 1300. The highest BCUT2D eigenvalue weighted by atomic mass is 35.5. The summed E-state index contributed by atoms with van der Waals surface area (Å²) in [5.41, 5.74) is 3.35. The number of carbonyl (C=O) groups excluding carboxylic acids is 1. The lowest BCUT2D eigenvalue weighted by atomic mass is 10.1. The number of pyridine rings is 1. The van der Waals surface area contributed by atoms with E-state index < -0.39 is 5.97 Å². The van der Waals surface area contributed by atoms with Gasteiger partial charge in [0.1, 0.15) is 30.7 Å². The first kappa shape index (κ1) is 25.0. The molecular formula is C30H26ClNO4. The summed E-state index contributed by atoms with van der Waals surface area (Å²) in [5, 5.41) is 0.181. The average Bonchev–Trinajstić information content (AvgIpc) is 2.92. The van der Waals surface area contributed by atoms with Crippen molar-refractivity contribution in [2.45, 2.75) is 26.2 Å². The molecule has 1 heterocycles. The summed E-state index contributed by atoms with van der Waals surface area (Å²) in [6.07, 6.45) is 2.04. The van der Waals surface area contributed by atoms with Crippen molar-refractivity contribution in [3.63, 3.8) is 0 Å². The Hall–Kier alpha value is -4.09. The van der Waals surface area contributed by atoms with Gasteiger partial charge in [-0.15, -0.1) is 6.58 Å². The number of benzene rings is 3. The van der Waals surface area contributed by atoms with Crippen molar-refractivity contribution in [1.82, 2.24) is 4.98 Å². The summed E-state index contributed by atoms with van der Waals surface area (Å²) in [4.78, 5) is 17.9. The maximum Gasteiger partial charge on any atom is 0.347 e. The maximum atomic E-state index is 13.5. The van der Waals surface area contributed by atoms with Gasteiger partial charge in [-0.1, -0.05) is 109 Å². The minimum absolute atomic E-state index is 0.0535. The van der Waals surface area contributed by atoms with Crippen LogP contribution in [0.5, 0.6) is 11.6 Å². The molecule has 4 aromatic rings. The first-order chi connectivity index (χ1) is 17.7. The van der Waals surface area contributed by atoms with Gasteiger partial charge < -0.3 is 14.2 Å². The quantitative estimate of drug-likeness (QED) is 0.126. The second kappa shape index (κ2) is 12.6. The maximum absolute atomic E-state index is 13.5. The summed E-state index contributed by atoms with van der Waals surface area (Å²) < 4.78 is 17.9. The van der Waals surface area contributed by atoms with Crippen molar-refractivity contribution in [1.29, 1.82) is 0 Å². The summed E-state index contributed by atoms with van der Waals surface area (Å²) in [6.45, 7) is 4.33. The predicted octanol–water partition coefficient (Wildman–Crippen LogP) is 6.98. The molecule has 0 aliphatic heterocycles. The van der Waals surface area contributed by atoms with E-state index in [1.807, 2.05) is 91.0 Å². The molecule has 0 radical (unpaired) electrons. The van der Waals surface area contributed by atoms with Gasteiger partial charge in [-0.25, -0.2) is 9.78 Å². The number of carbonyl (C=O) groups is 1. The molecule has 0 aliphatic rings. The lowest BCUT2D eigenvalue weighted by Crippen LogP contribution is -2.14. The summed E-state index contributed by atoms with van der Waals surface area (Å²) in [7, 11) is 0. The average molecular weight is 500 g/mol. The number of allylic oxidation sites excluding steroid dienone is 1. The summed E-state index contributed by atoms with van der Waals surface area (Å²) >= 11 is 6.56. The van der Waals surface area contributed by atoms with E-state index in [-0.39, 0.29) is 42.2 Å². The zero-order chi connectivity index (χ0) is 25.2. The Labute approximate surface area is 215 Å². The molecule has 3 aromatic carbocycles. The van der Waals surface area contributed by atoms with Crippen molar-refractivity contribution in [2.75, 3.05) is 0 Å². The van der Waals surface area contributed by atoms with Crippen LogP contribution in [0.1, 0.15) is 32.6 Å². The zero-order valence-electron chi connectivity index (χ0n) is 19.7. The van der Waals surface area contributed by atoms with Gasteiger partial charge in [0.25, 0.3) is 0 Å². The highest BCUT2D eigenvalue weighted by molar-refractivity contribution is 6.30. The van der Waals surface area contributed by atoms with E-state index in [0.29, 0.717) is 12.0 Å². The second-order valence-corrected chi connectivity index (χ2v) is 8.35. The number of nitrogens with zero attached hydrogens (tertiary/aromatic N) is 1. The molecule has 0 unspecified atom stereocenters. The Morgan fingerprint density at radius 2 is 1.28 bits per heavy atom. The molecule has 0 spiro atoms. The van der Waals surface area contributed by atoms with E-state index in [1.165, 1.54) is 0 Å². The van der Waals surface area contributed by atoms with Gasteiger partial charge in [-0.05, 0) is 23.1 Å². The van der Waals surface area contributed by atoms with Gasteiger partial charge in [-0.2, -0.15) is 0 Å². The number of ether oxygens (including phenoxy) is 3. The van der Waals surface area contributed by atoms with Crippen molar-refractivity contribution in [3.8, 4) is 11.6 Å². The van der Waals surface area contributed by atoms with E-state index in [0.717, 1.165) is 16.7 Å². The molecule has 5 nitrogen and oxygen atoms in total. The van der Waals surface area contributed by atoms with E-state index in [4.69, 9.17) is 25.8 Å². The highest BCUT2D eigenvalue weighted by Gasteiger charge is 2.28. The smallest absolute Gasteiger partial charge is 0.347 e. The zero-order valence-corrected chi connectivity index (χ0v) is 20.5. The molecule has 0 saturated carbocycles. The van der Waals surface area contributed by atoms with Gasteiger partial charge in [-0.3, -0.25) is 0 Å². The first-order valence-electron chi connectivity index (χ1n) is 11.5. The van der Waals surface area contributed by atoms with Crippen LogP contribution >= 0.6 is 11.6 Å². The van der Waals surface area contributed by atoms with Crippen LogP contribution in [-0.2, 0) is 31.0 Å². The number of hydrogen-bond donors (Lipinski definition) is 0. The molecule has 0 saturated heterocycles. The Balaban J connectivity index is 1.71. The van der Waals surface area contributed by atoms with Crippen molar-refractivity contribution < 1.29 is 19.0 Å². The lowest BCUT2D eigenvalue weighted by Gasteiger charge is -2.19. The molecule has 0 amide bonds. The Morgan fingerprint density at radius 1 is 0.778 bits per heavy atom. The molecule has 0 aliphatic carbocycles. The van der Waals surface area contributed by atoms with E-state index in [9.17, 15) is 4.79 Å². The van der Waals surface area contributed by atoms with Crippen LogP contribution in [0.2, 0.25) is 5.15 Å². The Kier molecular flexibility index (Phi) is 8.73. The largest absolute Gasteiger partial charge is 0.487 e. The van der Waals surface area contributed by atoms with E-state index >= 15 is 0 Å². The third-order valence-electron chi connectivity index (χ3n) is 5.37. The van der Waals surface area contributed by atoms with Gasteiger partial charge in [0, 0.05) is 5.56 Å². The fourth-order valence-electron chi connectivity index (χ4n) is 3.57. The highest BCUT2D eigenvalue weighted by Crippen LogP contribution is 2.37. The number of esters is 1. The minimum atomic E-state index is -0.612. The topological polar surface area (TPSA) is 57.7 Å². The lowest BCUT2D eigenvalue weighted by molar-refractivity contribution is 0.0460. The van der Waals surface area contributed by atoms with Gasteiger partial charge in [0.2, 0.25) is 5.88 Å². The molecule has 1 aromatic heterocycles. The molecule has 0 atom stereocenters. The van der Waals surface area contributed by atoms with Crippen LogP contribution in [0.15, 0.2) is 104 Å². The molecule has 6 heteroatoms. The van der Waals surface area contributed by atoms with Crippen molar-refractivity contribution >= 4 is 17.6 Å². The first-order valence-corrected chi connectivity index (χ1v) is 11.9. The van der Waals surface area contributed by atoms with Crippen LogP contribution in [0.25, 0.3) is 0 Å². The summed E-state index contributed by atoms with van der Waals surface area (Å²) in [5.74, 6) is -0.280. The number of halogens is 1. The van der Waals surface area contributed by atoms with Crippen LogP contribution in [-0.4, -0.2) is 11.0 Å². The number of hydrogen-bond acceptors (Lipinski definition) is 5. The molecule has 0 N–H and O–H groups in total.